The predicted molar refractivity (Wildman–Crippen MR) is 98.3 cm³/mol. The number of nitrogens with one attached hydrogen (secondary N) is 2. The van der Waals surface area contributed by atoms with Gasteiger partial charge in [0.05, 0.1) is 10.8 Å². The van der Waals surface area contributed by atoms with Crippen LogP contribution in [0.1, 0.15) is 16.7 Å². The van der Waals surface area contributed by atoms with Crippen LogP contribution in [0.2, 0.25) is 5.02 Å². The Morgan fingerprint density at radius 3 is 2.12 bits per heavy atom. The lowest BCUT2D eigenvalue weighted by atomic mass is 10.1. The maximum atomic E-state index is 12.3. The van der Waals surface area contributed by atoms with E-state index < -0.39 is 20.0 Å². The number of hydrogen-bond acceptors (Lipinski definition) is 4. The SMILES string of the molecule is CNS(=O)(=O)Cc1ccc(CNS(=O)(=O)c2ccc(C)cc2Cl)cc1. The first kappa shape index (κ1) is 19.9. The highest BCUT2D eigenvalue weighted by atomic mass is 35.5. The third-order valence-corrected chi connectivity index (χ3v) is 6.75. The molecule has 0 saturated carbocycles. The van der Waals surface area contributed by atoms with Crippen molar-refractivity contribution in [2.24, 2.45) is 0 Å². The Kier molecular flexibility index (Phi) is 6.23. The lowest BCUT2D eigenvalue weighted by molar-refractivity contribution is 0.581. The summed E-state index contributed by atoms with van der Waals surface area (Å²) in [7, 11) is -5.72. The average Bonchev–Trinajstić information content (AvgIpc) is 2.53. The third-order valence-electron chi connectivity index (χ3n) is 3.53. The van der Waals surface area contributed by atoms with Gasteiger partial charge in [-0.2, -0.15) is 0 Å². The summed E-state index contributed by atoms with van der Waals surface area (Å²) in [6, 6.07) is 11.4. The van der Waals surface area contributed by atoms with Crippen LogP contribution in [0.3, 0.4) is 0 Å². The van der Waals surface area contributed by atoms with Crippen molar-refractivity contribution >= 4 is 31.6 Å². The van der Waals surface area contributed by atoms with Crippen LogP contribution in [-0.4, -0.2) is 23.9 Å². The Hall–Kier alpha value is -1.45. The molecule has 25 heavy (non-hydrogen) atoms. The summed E-state index contributed by atoms with van der Waals surface area (Å²) in [4.78, 5) is 0.0245. The van der Waals surface area contributed by atoms with Gasteiger partial charge in [0, 0.05) is 6.54 Å². The van der Waals surface area contributed by atoms with Gasteiger partial charge in [-0.05, 0) is 42.8 Å². The molecular formula is C16H19ClN2O4S2. The highest BCUT2D eigenvalue weighted by Gasteiger charge is 2.17. The van der Waals surface area contributed by atoms with E-state index in [1.807, 2.05) is 6.92 Å². The van der Waals surface area contributed by atoms with Crippen molar-refractivity contribution in [2.75, 3.05) is 7.05 Å². The normalized spacial score (nSPS) is 12.3. The summed E-state index contributed by atoms with van der Waals surface area (Å²) < 4.78 is 52.4. The van der Waals surface area contributed by atoms with Crippen LogP contribution in [0.15, 0.2) is 47.4 Å². The molecule has 0 radical (unpaired) electrons. The first-order chi connectivity index (χ1) is 11.6. The average molecular weight is 403 g/mol. The summed E-state index contributed by atoms with van der Waals surface area (Å²) >= 11 is 6.01. The van der Waals surface area contributed by atoms with Crippen molar-refractivity contribution in [3.8, 4) is 0 Å². The lowest BCUT2D eigenvalue weighted by Gasteiger charge is -2.09. The zero-order valence-electron chi connectivity index (χ0n) is 13.8. The monoisotopic (exact) mass is 402 g/mol. The number of halogens is 1. The number of rotatable bonds is 7. The molecule has 0 saturated heterocycles. The summed E-state index contributed by atoms with van der Waals surface area (Å²) in [5.41, 5.74) is 2.19. The van der Waals surface area contributed by atoms with Gasteiger partial charge in [0.2, 0.25) is 20.0 Å². The molecule has 0 aromatic heterocycles. The van der Waals surface area contributed by atoms with E-state index in [9.17, 15) is 16.8 Å². The van der Waals surface area contributed by atoms with Crippen LogP contribution in [0.4, 0.5) is 0 Å². The van der Waals surface area contributed by atoms with Gasteiger partial charge >= 0.3 is 0 Å². The van der Waals surface area contributed by atoms with Gasteiger partial charge in [0.1, 0.15) is 4.90 Å². The van der Waals surface area contributed by atoms with E-state index in [1.165, 1.54) is 13.1 Å². The van der Waals surface area contributed by atoms with E-state index >= 15 is 0 Å². The molecular weight excluding hydrogens is 384 g/mol. The van der Waals surface area contributed by atoms with E-state index in [0.29, 0.717) is 11.1 Å². The molecule has 9 heteroatoms. The second kappa shape index (κ2) is 7.84. The second-order valence-corrected chi connectivity index (χ2v) is 9.61. The second-order valence-electron chi connectivity index (χ2n) is 5.54. The Labute approximate surface area is 153 Å². The third kappa shape index (κ3) is 5.52. The zero-order chi connectivity index (χ0) is 18.7. The van der Waals surface area contributed by atoms with Crippen LogP contribution in [0.5, 0.6) is 0 Å². The Morgan fingerprint density at radius 1 is 0.960 bits per heavy atom. The minimum Gasteiger partial charge on any atom is -0.218 e. The molecule has 2 aromatic carbocycles. The summed E-state index contributed by atoms with van der Waals surface area (Å²) in [5, 5.41) is 0.167. The van der Waals surface area contributed by atoms with Crippen LogP contribution >= 0.6 is 11.6 Å². The fourth-order valence-corrected chi connectivity index (χ4v) is 4.52. The standard InChI is InChI=1S/C16H19ClN2O4S2/c1-12-3-8-16(15(17)9-12)25(22,23)19-10-13-4-6-14(7-5-13)11-24(20,21)18-2/h3-9,18-19H,10-11H2,1-2H3. The van der Waals surface area contributed by atoms with Gasteiger partial charge in [-0.3, -0.25) is 0 Å². The minimum atomic E-state index is -3.74. The first-order valence-corrected chi connectivity index (χ1v) is 10.9. The van der Waals surface area contributed by atoms with E-state index in [2.05, 4.69) is 9.44 Å². The van der Waals surface area contributed by atoms with Crippen molar-refractivity contribution in [3.63, 3.8) is 0 Å². The van der Waals surface area contributed by atoms with Gasteiger partial charge < -0.3 is 0 Å². The number of aryl methyl sites for hydroxylation is 1. The molecule has 0 amide bonds. The van der Waals surface area contributed by atoms with E-state index in [-0.39, 0.29) is 22.2 Å². The van der Waals surface area contributed by atoms with Crippen LogP contribution in [0.25, 0.3) is 0 Å². The van der Waals surface area contributed by atoms with Crippen molar-refractivity contribution in [1.82, 2.24) is 9.44 Å². The molecule has 0 aliphatic carbocycles. The Balaban J connectivity index is 2.08. The maximum absolute atomic E-state index is 12.3. The van der Waals surface area contributed by atoms with Crippen molar-refractivity contribution < 1.29 is 16.8 Å². The Morgan fingerprint density at radius 2 is 1.56 bits per heavy atom. The molecule has 136 valence electrons. The molecule has 0 fully saturated rings. The van der Waals surface area contributed by atoms with E-state index in [1.54, 1.807) is 36.4 Å². The molecule has 6 nitrogen and oxygen atoms in total. The fourth-order valence-electron chi connectivity index (χ4n) is 2.12. The van der Waals surface area contributed by atoms with E-state index in [4.69, 9.17) is 11.6 Å². The van der Waals surface area contributed by atoms with Gasteiger partial charge in [0.15, 0.2) is 0 Å². The summed E-state index contributed by atoms with van der Waals surface area (Å²) in [5.74, 6) is -0.130. The largest absolute Gasteiger partial charge is 0.242 e. The highest BCUT2D eigenvalue weighted by Crippen LogP contribution is 2.22. The molecule has 2 N–H and O–H groups in total. The highest BCUT2D eigenvalue weighted by molar-refractivity contribution is 7.89. The molecule has 0 aliphatic heterocycles. The number of hydrogen-bond donors (Lipinski definition) is 2. The van der Waals surface area contributed by atoms with Crippen LogP contribution in [-0.2, 0) is 32.3 Å². The van der Waals surface area contributed by atoms with Gasteiger partial charge in [0.25, 0.3) is 0 Å². The predicted octanol–water partition coefficient (Wildman–Crippen LogP) is 2.18. The maximum Gasteiger partial charge on any atom is 0.242 e. The molecule has 0 heterocycles. The quantitative estimate of drug-likeness (QED) is 0.742. The molecule has 0 atom stereocenters. The first-order valence-electron chi connectivity index (χ1n) is 7.38. The van der Waals surface area contributed by atoms with E-state index in [0.717, 1.165) is 5.56 Å². The molecule has 2 rings (SSSR count). The van der Waals surface area contributed by atoms with Crippen LogP contribution < -0.4 is 9.44 Å². The van der Waals surface area contributed by atoms with Crippen LogP contribution in [0, 0.1) is 6.92 Å². The fraction of sp³-hybridized carbons (Fsp3) is 0.250. The summed E-state index contributed by atoms with van der Waals surface area (Å²) in [6.07, 6.45) is 0. The zero-order valence-corrected chi connectivity index (χ0v) is 16.2. The number of benzene rings is 2. The van der Waals surface area contributed by atoms with Crippen molar-refractivity contribution in [1.29, 1.82) is 0 Å². The molecule has 0 aliphatic rings. The van der Waals surface area contributed by atoms with Crippen molar-refractivity contribution in [3.05, 3.63) is 64.2 Å². The van der Waals surface area contributed by atoms with Crippen molar-refractivity contribution in [2.45, 2.75) is 24.1 Å². The topological polar surface area (TPSA) is 92.3 Å². The smallest absolute Gasteiger partial charge is 0.218 e. The summed E-state index contributed by atoms with van der Waals surface area (Å²) in [6.45, 7) is 1.90. The molecule has 0 spiro atoms. The molecule has 0 unspecified atom stereocenters. The number of sulfonamides is 2. The Bertz CT molecular complexity index is 956. The molecule has 0 bridgehead atoms. The molecule has 2 aromatic rings. The van der Waals surface area contributed by atoms with Gasteiger partial charge in [-0.1, -0.05) is 41.9 Å². The lowest BCUT2D eigenvalue weighted by Crippen LogP contribution is -2.23. The van der Waals surface area contributed by atoms with Gasteiger partial charge in [-0.25, -0.2) is 26.3 Å². The minimum absolute atomic E-state index is 0.0245. The van der Waals surface area contributed by atoms with Gasteiger partial charge in [-0.15, -0.1) is 0 Å².